The maximum absolute atomic E-state index is 11.8. The predicted molar refractivity (Wildman–Crippen MR) is 92.9 cm³/mol. The first-order valence-electron chi connectivity index (χ1n) is 7.66. The number of benzene rings is 1. The molecule has 124 valence electrons. The molecule has 0 saturated carbocycles. The van der Waals surface area contributed by atoms with Gasteiger partial charge in [-0.25, -0.2) is 0 Å². The number of nitrogens with zero attached hydrogens (tertiary/aromatic N) is 4. The average Bonchev–Trinajstić information content (AvgIpc) is 3.03. The molecule has 0 fully saturated rings. The van der Waals surface area contributed by atoms with Crippen LogP contribution in [-0.4, -0.2) is 38.1 Å². The highest BCUT2D eigenvalue weighted by Crippen LogP contribution is 2.26. The lowest BCUT2D eigenvalue weighted by Gasteiger charge is -2.11. The number of aromatic nitrogens is 4. The molecule has 0 unspecified atom stereocenters. The molecule has 0 radical (unpaired) electrons. The van der Waals surface area contributed by atoms with Gasteiger partial charge < -0.3 is 4.74 Å². The zero-order valence-corrected chi connectivity index (χ0v) is 14.6. The van der Waals surface area contributed by atoms with E-state index in [0.29, 0.717) is 17.9 Å². The Morgan fingerprint density at radius 2 is 1.96 bits per heavy atom. The number of hydrogen-bond acceptors (Lipinski definition) is 6. The van der Waals surface area contributed by atoms with Crippen molar-refractivity contribution in [3.8, 4) is 11.4 Å². The Balaban J connectivity index is 1.96. The van der Waals surface area contributed by atoms with Gasteiger partial charge >= 0.3 is 5.97 Å². The summed E-state index contributed by atoms with van der Waals surface area (Å²) in [7, 11) is 1.40. The first-order chi connectivity index (χ1) is 11.6. The van der Waals surface area contributed by atoms with Gasteiger partial charge in [0.2, 0.25) is 0 Å². The SMILES string of the molecule is CC[C@H](Sc1ccc2nnc(-c3ccc(C)cc3)n2n1)C(=O)OC. The maximum Gasteiger partial charge on any atom is 0.319 e. The number of methoxy groups -OCH3 is 1. The molecule has 0 bridgehead atoms. The fourth-order valence-electron chi connectivity index (χ4n) is 2.29. The molecule has 0 saturated heterocycles. The molecule has 1 atom stereocenters. The molecule has 2 aromatic heterocycles. The van der Waals surface area contributed by atoms with E-state index in [-0.39, 0.29) is 11.2 Å². The lowest BCUT2D eigenvalue weighted by Crippen LogP contribution is -2.18. The van der Waals surface area contributed by atoms with Crippen molar-refractivity contribution in [3.63, 3.8) is 0 Å². The number of rotatable bonds is 5. The standard InChI is InChI=1S/C17H18N4O2S/c1-4-13(17(22)23-3)24-15-10-9-14-18-19-16(21(14)20-15)12-7-5-11(2)6-8-12/h5-10,13H,4H2,1-3H3/t13-/m0/s1. The number of thioether (sulfide) groups is 1. The van der Waals surface area contributed by atoms with Crippen LogP contribution in [0.4, 0.5) is 0 Å². The minimum absolute atomic E-state index is 0.244. The summed E-state index contributed by atoms with van der Waals surface area (Å²) in [4.78, 5) is 11.8. The van der Waals surface area contributed by atoms with Gasteiger partial charge in [-0.2, -0.15) is 9.61 Å². The number of aryl methyl sites for hydroxylation is 1. The second-order valence-corrected chi connectivity index (χ2v) is 6.59. The van der Waals surface area contributed by atoms with E-state index in [1.807, 2.05) is 50.2 Å². The molecule has 0 amide bonds. The molecule has 0 aliphatic heterocycles. The lowest BCUT2D eigenvalue weighted by atomic mass is 10.1. The van der Waals surface area contributed by atoms with Crippen molar-refractivity contribution in [3.05, 3.63) is 42.0 Å². The molecule has 1 aromatic carbocycles. The molecular formula is C17H18N4O2S. The fourth-order valence-corrected chi connectivity index (χ4v) is 3.22. The van der Waals surface area contributed by atoms with Gasteiger partial charge in [-0.15, -0.1) is 10.2 Å². The summed E-state index contributed by atoms with van der Waals surface area (Å²) in [5, 5.41) is 13.4. The molecule has 0 aliphatic carbocycles. The van der Waals surface area contributed by atoms with Crippen LogP contribution in [0.25, 0.3) is 17.0 Å². The number of esters is 1. The molecular weight excluding hydrogens is 324 g/mol. The number of fused-ring (bicyclic) bond motifs is 1. The van der Waals surface area contributed by atoms with Crippen molar-refractivity contribution < 1.29 is 9.53 Å². The van der Waals surface area contributed by atoms with Crippen LogP contribution in [0.2, 0.25) is 0 Å². The minimum Gasteiger partial charge on any atom is -0.468 e. The summed E-state index contributed by atoms with van der Waals surface area (Å²) < 4.78 is 6.54. The summed E-state index contributed by atoms with van der Waals surface area (Å²) in [6.07, 6.45) is 0.671. The van der Waals surface area contributed by atoms with Gasteiger partial charge in [0.25, 0.3) is 0 Å². The van der Waals surface area contributed by atoms with E-state index in [1.54, 1.807) is 4.52 Å². The Labute approximate surface area is 144 Å². The molecule has 7 heteroatoms. The van der Waals surface area contributed by atoms with Crippen molar-refractivity contribution in [1.29, 1.82) is 0 Å². The summed E-state index contributed by atoms with van der Waals surface area (Å²) in [5.74, 6) is 0.436. The summed E-state index contributed by atoms with van der Waals surface area (Å²) in [5.41, 5.74) is 2.80. The third-order valence-electron chi connectivity index (χ3n) is 3.65. The highest BCUT2D eigenvalue weighted by molar-refractivity contribution is 8.00. The number of carbonyl (C=O) groups excluding carboxylic acids is 1. The first-order valence-corrected chi connectivity index (χ1v) is 8.54. The molecule has 0 aliphatic rings. The third-order valence-corrected chi connectivity index (χ3v) is 4.92. The largest absolute Gasteiger partial charge is 0.468 e. The summed E-state index contributed by atoms with van der Waals surface area (Å²) in [6, 6.07) is 11.7. The van der Waals surface area contributed by atoms with Gasteiger partial charge in [0.1, 0.15) is 10.3 Å². The minimum atomic E-state index is -0.278. The molecule has 24 heavy (non-hydrogen) atoms. The Kier molecular flexibility index (Phi) is 4.80. The van der Waals surface area contributed by atoms with Crippen LogP contribution in [-0.2, 0) is 9.53 Å². The van der Waals surface area contributed by atoms with Gasteiger partial charge in [-0.3, -0.25) is 4.79 Å². The molecule has 3 aromatic rings. The third kappa shape index (κ3) is 3.26. The highest BCUT2D eigenvalue weighted by Gasteiger charge is 2.20. The van der Waals surface area contributed by atoms with Gasteiger partial charge in [0, 0.05) is 5.56 Å². The summed E-state index contributed by atoms with van der Waals surface area (Å²) in [6.45, 7) is 3.99. The van der Waals surface area contributed by atoms with E-state index in [9.17, 15) is 4.79 Å². The molecule has 2 heterocycles. The van der Waals surface area contributed by atoms with E-state index < -0.39 is 0 Å². The van der Waals surface area contributed by atoms with E-state index in [0.717, 1.165) is 10.6 Å². The van der Waals surface area contributed by atoms with Crippen LogP contribution in [0, 0.1) is 6.92 Å². The summed E-state index contributed by atoms with van der Waals surface area (Å²) >= 11 is 1.38. The van der Waals surface area contributed by atoms with Crippen molar-refractivity contribution in [2.24, 2.45) is 0 Å². The molecule has 3 rings (SSSR count). The van der Waals surface area contributed by atoms with Gasteiger partial charge in [-0.05, 0) is 25.5 Å². The zero-order valence-electron chi connectivity index (χ0n) is 13.8. The fraction of sp³-hybridized carbons (Fsp3) is 0.294. The smallest absolute Gasteiger partial charge is 0.319 e. The predicted octanol–water partition coefficient (Wildman–Crippen LogP) is 3.14. The van der Waals surface area contributed by atoms with E-state index in [4.69, 9.17) is 4.74 Å². The van der Waals surface area contributed by atoms with Gasteiger partial charge in [-0.1, -0.05) is 48.5 Å². The Morgan fingerprint density at radius 1 is 1.21 bits per heavy atom. The van der Waals surface area contributed by atoms with Crippen LogP contribution in [0.15, 0.2) is 41.4 Å². The zero-order chi connectivity index (χ0) is 17.1. The number of hydrogen-bond donors (Lipinski definition) is 0. The molecule has 0 N–H and O–H groups in total. The monoisotopic (exact) mass is 342 g/mol. The van der Waals surface area contributed by atoms with E-state index in [2.05, 4.69) is 15.3 Å². The van der Waals surface area contributed by atoms with Crippen molar-refractivity contribution in [2.45, 2.75) is 30.5 Å². The number of carbonyl (C=O) groups is 1. The van der Waals surface area contributed by atoms with E-state index >= 15 is 0 Å². The lowest BCUT2D eigenvalue weighted by molar-refractivity contribution is -0.140. The Morgan fingerprint density at radius 3 is 2.62 bits per heavy atom. The van der Waals surface area contributed by atoms with Crippen molar-refractivity contribution in [2.75, 3.05) is 7.11 Å². The quantitative estimate of drug-likeness (QED) is 0.524. The highest BCUT2D eigenvalue weighted by atomic mass is 32.2. The first kappa shape index (κ1) is 16.4. The van der Waals surface area contributed by atoms with Gasteiger partial charge in [0.15, 0.2) is 11.5 Å². The maximum atomic E-state index is 11.8. The topological polar surface area (TPSA) is 69.4 Å². The number of ether oxygens (including phenoxy) is 1. The van der Waals surface area contributed by atoms with Crippen LogP contribution in [0.1, 0.15) is 18.9 Å². The molecule has 0 spiro atoms. The van der Waals surface area contributed by atoms with E-state index in [1.165, 1.54) is 24.4 Å². The van der Waals surface area contributed by atoms with Crippen LogP contribution in [0.5, 0.6) is 0 Å². The average molecular weight is 342 g/mol. The Hall–Kier alpha value is -2.41. The van der Waals surface area contributed by atoms with Crippen molar-refractivity contribution in [1.82, 2.24) is 19.8 Å². The second kappa shape index (κ2) is 7.00. The second-order valence-electron chi connectivity index (χ2n) is 5.37. The van der Waals surface area contributed by atoms with Crippen LogP contribution >= 0.6 is 11.8 Å². The van der Waals surface area contributed by atoms with Crippen LogP contribution in [0.3, 0.4) is 0 Å². The molecule has 6 nitrogen and oxygen atoms in total. The van der Waals surface area contributed by atoms with Crippen molar-refractivity contribution >= 4 is 23.4 Å². The van der Waals surface area contributed by atoms with Crippen LogP contribution < -0.4 is 0 Å². The Bertz CT molecular complexity index is 861. The normalized spacial score (nSPS) is 12.3. The van der Waals surface area contributed by atoms with Gasteiger partial charge in [0.05, 0.1) is 7.11 Å².